The molecule has 2 aromatic carbocycles. The summed E-state index contributed by atoms with van der Waals surface area (Å²) in [6, 6.07) is 13.2. The monoisotopic (exact) mass is 423 g/mol. The molecular formula is C25H29NO5. The Morgan fingerprint density at radius 1 is 1.23 bits per heavy atom. The highest BCUT2D eigenvalue weighted by molar-refractivity contribution is 6.10. The van der Waals surface area contributed by atoms with Crippen molar-refractivity contribution in [3.05, 3.63) is 53.6 Å². The van der Waals surface area contributed by atoms with Gasteiger partial charge in [-0.15, -0.1) is 0 Å². The van der Waals surface area contributed by atoms with Gasteiger partial charge in [0.05, 0.1) is 6.61 Å². The van der Waals surface area contributed by atoms with Crippen molar-refractivity contribution >= 4 is 16.9 Å². The van der Waals surface area contributed by atoms with Gasteiger partial charge < -0.3 is 19.4 Å². The molecule has 2 heterocycles. The summed E-state index contributed by atoms with van der Waals surface area (Å²) in [5, 5.41) is 20.7. The topological polar surface area (TPSA) is 83.1 Å². The van der Waals surface area contributed by atoms with Gasteiger partial charge in [0.1, 0.15) is 22.7 Å². The molecule has 1 saturated heterocycles. The van der Waals surface area contributed by atoms with E-state index in [0.717, 1.165) is 37.9 Å². The molecule has 0 spiro atoms. The standard InChI is InChI=1S/C25H29NO5/c1-2-30-25(29)23-22-19(12-15-26-14-6-9-18(26)13-16-27)20(28)10-11-21(22)31-24(23)17-7-4-3-5-8-17/h3-5,7-8,10-11,18,27-28H,2,6,9,12-16H2,1H3. The molecule has 1 fully saturated rings. The van der Waals surface area contributed by atoms with Crippen LogP contribution in [0.2, 0.25) is 0 Å². The van der Waals surface area contributed by atoms with E-state index in [0.29, 0.717) is 40.3 Å². The molecular weight excluding hydrogens is 394 g/mol. The van der Waals surface area contributed by atoms with Gasteiger partial charge in [-0.25, -0.2) is 4.79 Å². The number of likely N-dealkylation sites (tertiary alicyclic amines) is 1. The SMILES string of the molecule is CCOC(=O)c1c(-c2ccccc2)oc2ccc(O)c(CCN3CCCC3CCO)c12. The van der Waals surface area contributed by atoms with Gasteiger partial charge in [0.2, 0.25) is 0 Å². The molecule has 0 radical (unpaired) electrons. The molecule has 164 valence electrons. The summed E-state index contributed by atoms with van der Waals surface area (Å²) in [5.74, 6) is 0.155. The first-order chi connectivity index (χ1) is 15.1. The first-order valence-electron chi connectivity index (χ1n) is 11.0. The van der Waals surface area contributed by atoms with E-state index >= 15 is 0 Å². The highest BCUT2D eigenvalue weighted by atomic mass is 16.5. The van der Waals surface area contributed by atoms with E-state index in [2.05, 4.69) is 4.90 Å². The van der Waals surface area contributed by atoms with Gasteiger partial charge >= 0.3 is 5.97 Å². The average Bonchev–Trinajstić information content (AvgIpc) is 3.39. The van der Waals surface area contributed by atoms with Gasteiger partial charge in [-0.05, 0) is 51.3 Å². The van der Waals surface area contributed by atoms with Gasteiger partial charge in [0.15, 0.2) is 0 Å². The molecule has 0 aliphatic carbocycles. The summed E-state index contributed by atoms with van der Waals surface area (Å²) >= 11 is 0. The number of carbonyl (C=O) groups excluding carboxylic acids is 1. The van der Waals surface area contributed by atoms with E-state index in [4.69, 9.17) is 9.15 Å². The number of benzene rings is 2. The van der Waals surface area contributed by atoms with Crippen molar-refractivity contribution in [1.29, 1.82) is 0 Å². The van der Waals surface area contributed by atoms with Crippen LogP contribution in [0.5, 0.6) is 5.75 Å². The molecule has 6 heteroatoms. The number of fused-ring (bicyclic) bond motifs is 1. The van der Waals surface area contributed by atoms with Crippen molar-refractivity contribution in [1.82, 2.24) is 4.90 Å². The number of aliphatic hydroxyl groups is 1. The molecule has 0 amide bonds. The van der Waals surface area contributed by atoms with E-state index in [-0.39, 0.29) is 19.0 Å². The number of nitrogens with zero attached hydrogens (tertiary/aromatic N) is 1. The maximum absolute atomic E-state index is 13.0. The van der Waals surface area contributed by atoms with Gasteiger partial charge in [0.25, 0.3) is 0 Å². The Labute approximate surface area is 182 Å². The zero-order valence-electron chi connectivity index (χ0n) is 17.8. The van der Waals surface area contributed by atoms with Crippen LogP contribution in [-0.4, -0.2) is 53.4 Å². The molecule has 2 N–H and O–H groups in total. The minimum Gasteiger partial charge on any atom is -0.508 e. The average molecular weight is 424 g/mol. The molecule has 0 saturated carbocycles. The minimum absolute atomic E-state index is 0.149. The van der Waals surface area contributed by atoms with Crippen LogP contribution in [-0.2, 0) is 11.2 Å². The van der Waals surface area contributed by atoms with E-state index in [1.807, 2.05) is 30.3 Å². The van der Waals surface area contributed by atoms with Crippen LogP contribution >= 0.6 is 0 Å². The van der Waals surface area contributed by atoms with E-state index in [1.54, 1.807) is 19.1 Å². The van der Waals surface area contributed by atoms with Crippen LogP contribution in [0.15, 0.2) is 46.9 Å². The lowest BCUT2D eigenvalue weighted by atomic mass is 9.98. The number of esters is 1. The van der Waals surface area contributed by atoms with E-state index < -0.39 is 5.97 Å². The lowest BCUT2D eigenvalue weighted by Gasteiger charge is -2.24. The highest BCUT2D eigenvalue weighted by Gasteiger charge is 2.28. The first-order valence-corrected chi connectivity index (χ1v) is 11.0. The molecule has 1 aromatic heterocycles. The zero-order chi connectivity index (χ0) is 21.8. The van der Waals surface area contributed by atoms with Gasteiger partial charge in [0, 0.05) is 35.7 Å². The van der Waals surface area contributed by atoms with Crippen LogP contribution in [0.4, 0.5) is 0 Å². The maximum Gasteiger partial charge on any atom is 0.342 e. The van der Waals surface area contributed by atoms with Crippen molar-refractivity contribution < 1.29 is 24.2 Å². The van der Waals surface area contributed by atoms with Crippen LogP contribution in [0.1, 0.15) is 42.1 Å². The number of carbonyl (C=O) groups is 1. The number of ether oxygens (including phenoxy) is 1. The van der Waals surface area contributed by atoms with Crippen molar-refractivity contribution in [2.45, 2.75) is 38.6 Å². The highest BCUT2D eigenvalue weighted by Crippen LogP contribution is 2.39. The van der Waals surface area contributed by atoms with Crippen molar-refractivity contribution in [3.8, 4) is 17.1 Å². The molecule has 1 atom stereocenters. The zero-order valence-corrected chi connectivity index (χ0v) is 17.8. The number of aromatic hydroxyl groups is 1. The first kappa shape index (κ1) is 21.4. The van der Waals surface area contributed by atoms with Crippen molar-refractivity contribution in [2.24, 2.45) is 0 Å². The molecule has 0 bridgehead atoms. The number of hydrogen-bond acceptors (Lipinski definition) is 6. The van der Waals surface area contributed by atoms with E-state index in [1.165, 1.54) is 0 Å². The van der Waals surface area contributed by atoms with Gasteiger partial charge in [-0.3, -0.25) is 4.90 Å². The third kappa shape index (κ3) is 4.31. The Morgan fingerprint density at radius 2 is 2.03 bits per heavy atom. The van der Waals surface area contributed by atoms with Crippen LogP contribution in [0, 0.1) is 0 Å². The lowest BCUT2D eigenvalue weighted by molar-refractivity contribution is 0.0528. The molecule has 31 heavy (non-hydrogen) atoms. The fourth-order valence-corrected chi connectivity index (χ4v) is 4.61. The summed E-state index contributed by atoms with van der Waals surface area (Å²) in [4.78, 5) is 15.3. The quantitative estimate of drug-likeness (QED) is 0.524. The summed E-state index contributed by atoms with van der Waals surface area (Å²) in [5.41, 5.74) is 2.40. The molecule has 1 aliphatic rings. The Bertz CT molecular complexity index is 1040. The number of phenolic OH excluding ortho intramolecular Hbond substituents is 1. The second-order valence-electron chi connectivity index (χ2n) is 7.92. The van der Waals surface area contributed by atoms with Crippen molar-refractivity contribution in [2.75, 3.05) is 26.3 Å². The molecule has 3 aromatic rings. The summed E-state index contributed by atoms with van der Waals surface area (Å²) in [7, 11) is 0. The number of phenols is 1. The third-order valence-electron chi connectivity index (χ3n) is 6.06. The lowest BCUT2D eigenvalue weighted by Crippen LogP contribution is -2.32. The van der Waals surface area contributed by atoms with Crippen LogP contribution in [0.25, 0.3) is 22.3 Å². The smallest absolute Gasteiger partial charge is 0.342 e. The Balaban J connectivity index is 1.77. The van der Waals surface area contributed by atoms with Crippen LogP contribution in [0.3, 0.4) is 0 Å². The van der Waals surface area contributed by atoms with Crippen molar-refractivity contribution in [3.63, 3.8) is 0 Å². The second-order valence-corrected chi connectivity index (χ2v) is 7.92. The number of furan rings is 1. The number of rotatable bonds is 8. The number of hydrogen-bond donors (Lipinski definition) is 2. The fourth-order valence-electron chi connectivity index (χ4n) is 4.61. The molecule has 1 unspecified atom stereocenters. The Kier molecular flexibility index (Phi) is 6.59. The molecule has 4 rings (SSSR count). The third-order valence-corrected chi connectivity index (χ3v) is 6.06. The van der Waals surface area contributed by atoms with Crippen LogP contribution < -0.4 is 0 Å². The van der Waals surface area contributed by atoms with Gasteiger partial charge in [-0.1, -0.05) is 30.3 Å². The number of aliphatic hydroxyl groups excluding tert-OH is 1. The van der Waals surface area contributed by atoms with Gasteiger partial charge in [-0.2, -0.15) is 0 Å². The fraction of sp³-hybridized carbons (Fsp3) is 0.400. The predicted octanol–water partition coefficient (Wildman–Crippen LogP) is 4.37. The largest absolute Gasteiger partial charge is 0.508 e. The summed E-state index contributed by atoms with van der Waals surface area (Å²) in [6.45, 7) is 3.93. The maximum atomic E-state index is 13.0. The Morgan fingerprint density at radius 3 is 2.77 bits per heavy atom. The molecule has 1 aliphatic heterocycles. The second kappa shape index (κ2) is 9.54. The normalized spacial score (nSPS) is 16.8. The van der Waals surface area contributed by atoms with E-state index in [9.17, 15) is 15.0 Å². The summed E-state index contributed by atoms with van der Waals surface area (Å²) < 4.78 is 11.5. The predicted molar refractivity (Wildman–Crippen MR) is 119 cm³/mol. The summed E-state index contributed by atoms with van der Waals surface area (Å²) in [6.07, 6.45) is 3.52. The minimum atomic E-state index is -0.453. The Hall–Kier alpha value is -2.83. The molecule has 6 nitrogen and oxygen atoms in total.